The van der Waals surface area contributed by atoms with Gasteiger partial charge in [0.15, 0.2) is 5.65 Å². The van der Waals surface area contributed by atoms with Gasteiger partial charge in [-0.3, -0.25) is 4.90 Å². The summed E-state index contributed by atoms with van der Waals surface area (Å²) in [6.07, 6.45) is 4.14. The van der Waals surface area contributed by atoms with Gasteiger partial charge in [0, 0.05) is 18.3 Å². The number of benzene rings is 1. The molecule has 0 unspecified atom stereocenters. The summed E-state index contributed by atoms with van der Waals surface area (Å²) < 4.78 is 2.16. The Morgan fingerprint density at radius 1 is 1.17 bits per heavy atom. The maximum atomic E-state index is 6.13. The van der Waals surface area contributed by atoms with Gasteiger partial charge in [-0.15, -0.1) is 0 Å². The molecule has 3 aromatic rings. The molecule has 24 heavy (non-hydrogen) atoms. The molecule has 124 valence electrons. The standard InChI is InChI=1S/C19H21ClN4/c1-23-17-6-3-9-21-19(17)22-18(23)13-24-10-7-14(8-11-24)15-4-2-5-16(20)12-15/h2-6,9,12,14H,7-8,10-11,13H2,1H3. The highest BCUT2D eigenvalue weighted by atomic mass is 35.5. The van der Waals surface area contributed by atoms with Crippen molar-refractivity contribution in [1.29, 1.82) is 0 Å². The van der Waals surface area contributed by atoms with Crippen molar-refractivity contribution < 1.29 is 0 Å². The van der Waals surface area contributed by atoms with Gasteiger partial charge in [0.25, 0.3) is 0 Å². The van der Waals surface area contributed by atoms with Crippen LogP contribution in [-0.4, -0.2) is 32.5 Å². The van der Waals surface area contributed by atoms with Crippen LogP contribution in [0.3, 0.4) is 0 Å². The molecule has 1 aliphatic rings. The van der Waals surface area contributed by atoms with Crippen LogP contribution >= 0.6 is 11.6 Å². The Bertz CT molecular complexity index is 849. The molecule has 1 saturated heterocycles. The minimum atomic E-state index is 0.613. The van der Waals surface area contributed by atoms with Crippen molar-refractivity contribution in [2.75, 3.05) is 13.1 Å². The molecule has 0 amide bonds. The fraction of sp³-hybridized carbons (Fsp3) is 0.368. The minimum Gasteiger partial charge on any atom is -0.329 e. The highest BCUT2D eigenvalue weighted by Crippen LogP contribution is 2.30. The summed E-state index contributed by atoms with van der Waals surface area (Å²) in [7, 11) is 2.07. The summed E-state index contributed by atoms with van der Waals surface area (Å²) in [6.45, 7) is 3.07. The number of hydrogen-bond acceptors (Lipinski definition) is 3. The average molecular weight is 341 g/mol. The Balaban J connectivity index is 1.43. The zero-order valence-corrected chi connectivity index (χ0v) is 14.6. The first kappa shape index (κ1) is 15.6. The number of likely N-dealkylation sites (tertiary alicyclic amines) is 1. The second-order valence-corrected chi connectivity index (χ2v) is 6.98. The highest BCUT2D eigenvalue weighted by Gasteiger charge is 2.22. The molecule has 4 nitrogen and oxygen atoms in total. The Morgan fingerprint density at radius 2 is 2.00 bits per heavy atom. The molecule has 1 aromatic carbocycles. The number of piperidine rings is 1. The molecule has 0 N–H and O–H groups in total. The molecular weight excluding hydrogens is 320 g/mol. The maximum absolute atomic E-state index is 6.13. The SMILES string of the molecule is Cn1c(CN2CCC(c3cccc(Cl)c3)CC2)nc2ncccc21. The molecule has 0 spiro atoms. The van der Waals surface area contributed by atoms with E-state index in [1.165, 1.54) is 18.4 Å². The largest absolute Gasteiger partial charge is 0.329 e. The van der Waals surface area contributed by atoms with E-state index in [-0.39, 0.29) is 0 Å². The molecule has 0 saturated carbocycles. The van der Waals surface area contributed by atoms with E-state index in [1.54, 1.807) is 6.20 Å². The molecule has 5 heteroatoms. The first-order chi connectivity index (χ1) is 11.7. The van der Waals surface area contributed by atoms with Crippen molar-refractivity contribution in [1.82, 2.24) is 19.4 Å². The van der Waals surface area contributed by atoms with Gasteiger partial charge in [0.1, 0.15) is 5.82 Å². The number of pyridine rings is 1. The van der Waals surface area contributed by atoms with Crippen LogP contribution in [0.15, 0.2) is 42.6 Å². The summed E-state index contributed by atoms with van der Waals surface area (Å²) in [6, 6.07) is 12.3. The van der Waals surface area contributed by atoms with Gasteiger partial charge in [0.2, 0.25) is 0 Å². The lowest BCUT2D eigenvalue weighted by Crippen LogP contribution is -2.33. The third-order valence-corrected chi connectivity index (χ3v) is 5.26. The number of halogens is 1. The Hall–Kier alpha value is -1.91. The molecule has 0 bridgehead atoms. The second kappa shape index (κ2) is 6.54. The summed E-state index contributed by atoms with van der Waals surface area (Å²) in [5.41, 5.74) is 3.30. The van der Waals surface area contributed by atoms with E-state index in [2.05, 4.69) is 50.7 Å². The number of aryl methyl sites for hydroxylation is 1. The fourth-order valence-electron chi connectivity index (χ4n) is 3.60. The smallest absolute Gasteiger partial charge is 0.177 e. The van der Waals surface area contributed by atoms with Gasteiger partial charge in [0.05, 0.1) is 12.1 Å². The monoisotopic (exact) mass is 340 g/mol. The number of fused-ring (bicyclic) bond motifs is 1. The maximum Gasteiger partial charge on any atom is 0.177 e. The molecule has 1 fully saturated rings. The van der Waals surface area contributed by atoms with Crippen LogP contribution in [-0.2, 0) is 13.6 Å². The van der Waals surface area contributed by atoms with E-state index in [9.17, 15) is 0 Å². The molecule has 3 heterocycles. The van der Waals surface area contributed by atoms with Gasteiger partial charge in [-0.1, -0.05) is 23.7 Å². The van der Waals surface area contributed by atoms with Gasteiger partial charge in [-0.25, -0.2) is 9.97 Å². The molecule has 1 aliphatic heterocycles. The molecule has 4 rings (SSSR count). The van der Waals surface area contributed by atoms with Crippen LogP contribution in [0.4, 0.5) is 0 Å². The molecule has 0 radical (unpaired) electrons. The zero-order valence-electron chi connectivity index (χ0n) is 13.8. The number of hydrogen-bond donors (Lipinski definition) is 0. The Morgan fingerprint density at radius 3 is 2.75 bits per heavy atom. The molecule has 0 atom stereocenters. The van der Waals surface area contributed by atoms with Gasteiger partial charge >= 0.3 is 0 Å². The first-order valence-corrected chi connectivity index (χ1v) is 8.82. The van der Waals surface area contributed by atoms with Gasteiger partial charge in [-0.2, -0.15) is 0 Å². The Kier molecular flexibility index (Phi) is 4.25. The van der Waals surface area contributed by atoms with Crippen molar-refractivity contribution in [3.8, 4) is 0 Å². The summed E-state index contributed by atoms with van der Waals surface area (Å²) in [4.78, 5) is 11.5. The zero-order chi connectivity index (χ0) is 16.5. The lowest BCUT2D eigenvalue weighted by Gasteiger charge is -2.32. The average Bonchev–Trinajstić information content (AvgIpc) is 2.92. The van der Waals surface area contributed by atoms with E-state index in [1.807, 2.05) is 12.1 Å². The van der Waals surface area contributed by atoms with Crippen molar-refractivity contribution >= 4 is 22.8 Å². The second-order valence-electron chi connectivity index (χ2n) is 6.54. The number of imidazole rings is 1. The van der Waals surface area contributed by atoms with Crippen LogP contribution in [0, 0.1) is 0 Å². The Labute approximate surface area is 147 Å². The molecule has 0 aliphatic carbocycles. The van der Waals surface area contributed by atoms with E-state index in [4.69, 9.17) is 11.6 Å². The van der Waals surface area contributed by atoms with Crippen molar-refractivity contribution in [2.45, 2.75) is 25.3 Å². The molecular formula is C19H21ClN4. The van der Waals surface area contributed by atoms with Crippen LogP contribution < -0.4 is 0 Å². The molecule has 2 aromatic heterocycles. The number of nitrogens with zero attached hydrogens (tertiary/aromatic N) is 4. The predicted molar refractivity (Wildman–Crippen MR) is 97.2 cm³/mol. The van der Waals surface area contributed by atoms with E-state index >= 15 is 0 Å². The van der Waals surface area contributed by atoms with Crippen LogP contribution in [0.5, 0.6) is 0 Å². The lowest BCUT2D eigenvalue weighted by atomic mass is 9.89. The summed E-state index contributed by atoms with van der Waals surface area (Å²) in [5, 5.41) is 0.835. The normalized spacial score (nSPS) is 16.8. The van der Waals surface area contributed by atoms with Crippen LogP contribution in [0.2, 0.25) is 5.02 Å². The van der Waals surface area contributed by atoms with Crippen LogP contribution in [0.25, 0.3) is 11.2 Å². The highest BCUT2D eigenvalue weighted by molar-refractivity contribution is 6.30. The lowest BCUT2D eigenvalue weighted by molar-refractivity contribution is 0.199. The predicted octanol–water partition coefficient (Wildman–Crippen LogP) is 4.00. The third-order valence-electron chi connectivity index (χ3n) is 5.02. The van der Waals surface area contributed by atoms with Gasteiger partial charge in [-0.05, 0) is 61.7 Å². The van der Waals surface area contributed by atoms with E-state index in [0.717, 1.165) is 41.6 Å². The summed E-state index contributed by atoms with van der Waals surface area (Å²) in [5.74, 6) is 1.70. The van der Waals surface area contributed by atoms with Crippen LogP contribution in [0.1, 0.15) is 30.1 Å². The fourth-order valence-corrected chi connectivity index (χ4v) is 3.80. The summed E-state index contributed by atoms with van der Waals surface area (Å²) >= 11 is 6.13. The number of aromatic nitrogens is 3. The van der Waals surface area contributed by atoms with E-state index in [0.29, 0.717) is 5.92 Å². The minimum absolute atomic E-state index is 0.613. The van der Waals surface area contributed by atoms with Gasteiger partial charge < -0.3 is 4.57 Å². The van der Waals surface area contributed by atoms with Crippen molar-refractivity contribution in [3.63, 3.8) is 0 Å². The van der Waals surface area contributed by atoms with Crippen molar-refractivity contribution in [2.24, 2.45) is 7.05 Å². The quantitative estimate of drug-likeness (QED) is 0.722. The third kappa shape index (κ3) is 3.04. The topological polar surface area (TPSA) is 34.0 Å². The van der Waals surface area contributed by atoms with Crippen molar-refractivity contribution in [3.05, 3.63) is 59.0 Å². The van der Waals surface area contributed by atoms with E-state index < -0.39 is 0 Å². The number of rotatable bonds is 3. The first-order valence-electron chi connectivity index (χ1n) is 8.45.